The van der Waals surface area contributed by atoms with Crippen LogP contribution in [0.25, 0.3) is 0 Å². The second-order valence-electron chi connectivity index (χ2n) is 7.48. The minimum absolute atomic E-state index is 0.0584. The topological polar surface area (TPSA) is 84.9 Å². The highest BCUT2D eigenvalue weighted by molar-refractivity contribution is 7.92. The van der Waals surface area contributed by atoms with E-state index in [9.17, 15) is 26.4 Å². The van der Waals surface area contributed by atoms with Crippen LogP contribution in [0.3, 0.4) is 0 Å². The number of hydrogen-bond acceptors (Lipinski definition) is 5. The molecule has 3 aromatic carbocycles. The van der Waals surface area contributed by atoms with Gasteiger partial charge in [-0.2, -0.15) is 13.2 Å². The predicted octanol–water partition coefficient (Wildman–Crippen LogP) is 4.89. The smallest absolute Gasteiger partial charge is 0.416 e. The first-order valence-electron chi connectivity index (χ1n) is 10.4. The molecule has 0 aliphatic rings. The lowest BCUT2D eigenvalue weighted by molar-refractivity contribution is -0.137. The minimum Gasteiger partial charge on any atom is -0.493 e. The van der Waals surface area contributed by atoms with E-state index in [4.69, 9.17) is 21.1 Å². The van der Waals surface area contributed by atoms with Gasteiger partial charge in [0.2, 0.25) is 5.91 Å². The maximum Gasteiger partial charge on any atom is 0.416 e. The number of amides is 1. The van der Waals surface area contributed by atoms with Crippen LogP contribution in [0.2, 0.25) is 5.02 Å². The zero-order valence-corrected chi connectivity index (χ0v) is 20.7. The van der Waals surface area contributed by atoms with E-state index in [1.54, 1.807) is 24.3 Å². The summed E-state index contributed by atoms with van der Waals surface area (Å²) in [7, 11) is -1.83. The molecule has 0 aliphatic carbocycles. The van der Waals surface area contributed by atoms with Gasteiger partial charge in [-0.25, -0.2) is 8.42 Å². The molecule has 192 valence electrons. The largest absolute Gasteiger partial charge is 0.493 e. The predicted molar refractivity (Wildman–Crippen MR) is 129 cm³/mol. The molecule has 0 atom stereocenters. The molecule has 0 saturated carbocycles. The van der Waals surface area contributed by atoms with E-state index in [0.29, 0.717) is 21.0 Å². The quantitative estimate of drug-likeness (QED) is 0.416. The highest BCUT2D eigenvalue weighted by Gasteiger charge is 2.33. The van der Waals surface area contributed by atoms with Gasteiger partial charge in [0, 0.05) is 17.6 Å². The molecule has 0 heterocycles. The molecule has 0 aromatic heterocycles. The summed E-state index contributed by atoms with van der Waals surface area (Å²) in [6.45, 7) is -0.714. The Labute approximate surface area is 211 Å². The number of nitrogens with one attached hydrogen (secondary N) is 1. The molecule has 0 spiro atoms. The number of nitrogens with zero attached hydrogens (tertiary/aromatic N) is 1. The third kappa shape index (κ3) is 6.41. The lowest BCUT2D eigenvalue weighted by Crippen LogP contribution is -2.40. The van der Waals surface area contributed by atoms with Crippen molar-refractivity contribution in [2.24, 2.45) is 0 Å². The van der Waals surface area contributed by atoms with Gasteiger partial charge in [0.1, 0.15) is 6.54 Å². The van der Waals surface area contributed by atoms with Crippen molar-refractivity contribution in [1.82, 2.24) is 5.32 Å². The number of alkyl halides is 3. The van der Waals surface area contributed by atoms with Gasteiger partial charge in [-0.15, -0.1) is 0 Å². The van der Waals surface area contributed by atoms with Crippen molar-refractivity contribution in [3.8, 4) is 11.5 Å². The van der Waals surface area contributed by atoms with E-state index in [1.807, 2.05) is 0 Å². The molecule has 0 aliphatic heterocycles. The first-order chi connectivity index (χ1) is 17.0. The van der Waals surface area contributed by atoms with Gasteiger partial charge in [-0.3, -0.25) is 9.10 Å². The standard InChI is InChI=1S/C24H22ClF3N2O5S/c1-34-21-11-10-20(13-22(21)35-2)36(32,33)30(19-5-3-4-17(12-19)24(26,27)28)15-23(31)29-14-16-6-8-18(25)9-7-16/h3-13H,14-15H2,1-2H3,(H,29,31). The van der Waals surface area contributed by atoms with Crippen LogP contribution in [0.4, 0.5) is 18.9 Å². The summed E-state index contributed by atoms with van der Waals surface area (Å²) in [5.74, 6) is -0.385. The van der Waals surface area contributed by atoms with Gasteiger partial charge in [0.05, 0.1) is 30.4 Å². The van der Waals surface area contributed by atoms with Crippen molar-refractivity contribution in [2.45, 2.75) is 17.6 Å². The normalized spacial score (nSPS) is 11.6. The lowest BCUT2D eigenvalue weighted by Gasteiger charge is -2.25. The fraction of sp³-hybridized carbons (Fsp3) is 0.208. The van der Waals surface area contributed by atoms with E-state index in [-0.39, 0.29) is 28.6 Å². The first-order valence-corrected chi connectivity index (χ1v) is 12.2. The van der Waals surface area contributed by atoms with Crippen LogP contribution in [0.15, 0.2) is 71.6 Å². The molecule has 0 bridgehead atoms. The molecule has 1 N–H and O–H groups in total. The van der Waals surface area contributed by atoms with Crippen molar-refractivity contribution in [1.29, 1.82) is 0 Å². The van der Waals surface area contributed by atoms with E-state index < -0.39 is 34.2 Å². The number of hydrogen-bond donors (Lipinski definition) is 1. The summed E-state index contributed by atoms with van der Waals surface area (Å²) in [5.41, 5.74) is -0.698. The summed E-state index contributed by atoms with van der Waals surface area (Å²) >= 11 is 5.85. The Hall–Kier alpha value is -3.44. The maximum atomic E-state index is 13.6. The SMILES string of the molecule is COc1ccc(S(=O)(=O)N(CC(=O)NCc2ccc(Cl)cc2)c2cccc(C(F)(F)F)c2)cc1OC. The minimum atomic E-state index is -4.72. The van der Waals surface area contributed by atoms with Crippen LogP contribution < -0.4 is 19.1 Å². The number of carbonyl (C=O) groups is 1. The number of methoxy groups -OCH3 is 2. The Kier molecular flexibility index (Phi) is 8.36. The van der Waals surface area contributed by atoms with E-state index in [2.05, 4.69) is 5.32 Å². The number of halogens is 4. The highest BCUT2D eigenvalue weighted by atomic mass is 35.5. The zero-order valence-electron chi connectivity index (χ0n) is 19.2. The van der Waals surface area contributed by atoms with Crippen LogP contribution in [-0.2, 0) is 27.5 Å². The van der Waals surface area contributed by atoms with E-state index in [1.165, 1.54) is 38.5 Å². The lowest BCUT2D eigenvalue weighted by atomic mass is 10.2. The fourth-order valence-electron chi connectivity index (χ4n) is 3.25. The Bertz CT molecular complexity index is 1330. The number of carbonyl (C=O) groups excluding carboxylic acids is 1. The second-order valence-corrected chi connectivity index (χ2v) is 9.78. The first kappa shape index (κ1) is 27.2. The highest BCUT2D eigenvalue weighted by Crippen LogP contribution is 2.35. The van der Waals surface area contributed by atoms with E-state index in [0.717, 1.165) is 12.1 Å². The Morgan fingerprint density at radius 2 is 1.64 bits per heavy atom. The number of benzene rings is 3. The molecular formula is C24H22ClF3N2O5S. The van der Waals surface area contributed by atoms with Crippen LogP contribution in [0, 0.1) is 0 Å². The number of rotatable bonds is 9. The monoisotopic (exact) mass is 542 g/mol. The average molecular weight is 543 g/mol. The Morgan fingerprint density at radius 1 is 0.972 bits per heavy atom. The van der Waals surface area contributed by atoms with Crippen molar-refractivity contribution in [3.05, 3.63) is 82.9 Å². The molecular weight excluding hydrogens is 521 g/mol. The van der Waals surface area contributed by atoms with Crippen LogP contribution >= 0.6 is 11.6 Å². The fourth-order valence-corrected chi connectivity index (χ4v) is 4.80. The molecule has 0 unspecified atom stereocenters. The number of sulfonamides is 1. The summed E-state index contributed by atoms with van der Waals surface area (Å²) < 4.78 is 78.0. The molecule has 3 rings (SSSR count). The summed E-state index contributed by atoms with van der Waals surface area (Å²) in [5, 5.41) is 3.07. The van der Waals surface area contributed by atoms with Gasteiger partial charge in [0.15, 0.2) is 11.5 Å². The zero-order chi connectivity index (χ0) is 26.5. The third-order valence-corrected chi connectivity index (χ3v) is 7.12. The van der Waals surface area contributed by atoms with Crippen molar-refractivity contribution < 1.29 is 35.9 Å². The number of ether oxygens (including phenoxy) is 2. The Balaban J connectivity index is 1.98. The Morgan fingerprint density at radius 3 is 2.25 bits per heavy atom. The van der Waals surface area contributed by atoms with Gasteiger partial charge in [0.25, 0.3) is 10.0 Å². The average Bonchev–Trinajstić information content (AvgIpc) is 2.85. The molecule has 0 fully saturated rings. The van der Waals surface area contributed by atoms with Gasteiger partial charge in [-0.1, -0.05) is 29.8 Å². The van der Waals surface area contributed by atoms with Crippen LogP contribution in [0.5, 0.6) is 11.5 Å². The summed E-state index contributed by atoms with van der Waals surface area (Å²) in [6, 6.07) is 14.1. The van der Waals surface area contributed by atoms with E-state index >= 15 is 0 Å². The molecule has 1 amide bonds. The molecule has 12 heteroatoms. The van der Waals surface area contributed by atoms with Crippen molar-refractivity contribution in [2.75, 3.05) is 25.1 Å². The molecule has 36 heavy (non-hydrogen) atoms. The molecule has 0 radical (unpaired) electrons. The molecule has 7 nitrogen and oxygen atoms in total. The van der Waals surface area contributed by atoms with Crippen molar-refractivity contribution >= 4 is 33.2 Å². The summed E-state index contributed by atoms with van der Waals surface area (Å²) in [4.78, 5) is 12.4. The third-order valence-electron chi connectivity index (χ3n) is 5.09. The second kappa shape index (κ2) is 11.1. The van der Waals surface area contributed by atoms with Gasteiger partial charge >= 0.3 is 6.18 Å². The van der Waals surface area contributed by atoms with Crippen LogP contribution in [0.1, 0.15) is 11.1 Å². The van der Waals surface area contributed by atoms with Gasteiger partial charge < -0.3 is 14.8 Å². The molecule has 0 saturated heterocycles. The van der Waals surface area contributed by atoms with Crippen LogP contribution in [-0.4, -0.2) is 35.1 Å². The van der Waals surface area contributed by atoms with Gasteiger partial charge in [-0.05, 0) is 48.0 Å². The van der Waals surface area contributed by atoms with Crippen molar-refractivity contribution in [3.63, 3.8) is 0 Å². The number of anilines is 1. The maximum absolute atomic E-state index is 13.6. The summed E-state index contributed by atoms with van der Waals surface area (Å²) in [6.07, 6.45) is -4.72. The molecule has 3 aromatic rings.